The van der Waals surface area contributed by atoms with Gasteiger partial charge in [-0.3, -0.25) is 0 Å². The summed E-state index contributed by atoms with van der Waals surface area (Å²) in [6.07, 6.45) is 6.11. The van der Waals surface area contributed by atoms with Gasteiger partial charge in [0.25, 0.3) is 0 Å². The summed E-state index contributed by atoms with van der Waals surface area (Å²) in [7, 11) is -3.52. The Hall–Kier alpha value is -1.82. The monoisotopic (exact) mass is 416 g/mol. The van der Waals surface area contributed by atoms with Gasteiger partial charge in [-0.15, -0.1) is 0 Å². The molecule has 4 unspecified atom stereocenters. The third kappa shape index (κ3) is 3.59. The summed E-state index contributed by atoms with van der Waals surface area (Å²) in [5.41, 5.74) is 3.19. The first-order chi connectivity index (χ1) is 13.4. The quantitative estimate of drug-likeness (QED) is 0.655. The van der Waals surface area contributed by atoms with E-state index in [1.807, 2.05) is 44.2 Å². The van der Waals surface area contributed by atoms with Crippen molar-refractivity contribution < 1.29 is 8.42 Å². The van der Waals surface area contributed by atoms with E-state index in [1.165, 1.54) is 0 Å². The van der Waals surface area contributed by atoms with Crippen LogP contribution in [0.5, 0.6) is 0 Å². The van der Waals surface area contributed by atoms with Crippen LogP contribution < -0.4 is 10.0 Å². The SMILES string of the molecule is CCC(C)NS(=O)(=O)c1ccc2c(c1)C1C=CCC1C(c1cccc(Cl)c1)N2. The molecule has 4 rings (SSSR count). The van der Waals surface area contributed by atoms with Crippen molar-refractivity contribution in [2.24, 2.45) is 5.92 Å². The average molecular weight is 417 g/mol. The van der Waals surface area contributed by atoms with Gasteiger partial charge < -0.3 is 5.32 Å². The van der Waals surface area contributed by atoms with Crippen LogP contribution in [0.25, 0.3) is 0 Å². The molecule has 4 atom stereocenters. The summed E-state index contributed by atoms with van der Waals surface area (Å²) in [6, 6.07) is 13.4. The van der Waals surface area contributed by atoms with Crippen LogP contribution >= 0.6 is 11.6 Å². The highest BCUT2D eigenvalue weighted by Gasteiger charge is 2.38. The van der Waals surface area contributed by atoms with Gasteiger partial charge in [-0.1, -0.05) is 42.8 Å². The van der Waals surface area contributed by atoms with Gasteiger partial charge in [0, 0.05) is 22.7 Å². The van der Waals surface area contributed by atoms with Gasteiger partial charge in [0.2, 0.25) is 10.0 Å². The highest BCUT2D eigenvalue weighted by molar-refractivity contribution is 7.89. The van der Waals surface area contributed by atoms with Crippen molar-refractivity contribution in [2.75, 3.05) is 5.32 Å². The first-order valence-corrected chi connectivity index (χ1v) is 11.6. The zero-order chi connectivity index (χ0) is 19.9. The third-order valence-corrected chi connectivity index (χ3v) is 7.64. The van der Waals surface area contributed by atoms with Gasteiger partial charge in [-0.25, -0.2) is 13.1 Å². The first-order valence-electron chi connectivity index (χ1n) is 9.74. The Labute approximate surface area is 172 Å². The van der Waals surface area contributed by atoms with E-state index in [0.29, 0.717) is 10.8 Å². The van der Waals surface area contributed by atoms with E-state index in [4.69, 9.17) is 11.6 Å². The van der Waals surface area contributed by atoms with E-state index in [1.54, 1.807) is 6.07 Å². The lowest BCUT2D eigenvalue weighted by atomic mass is 9.77. The molecule has 0 saturated heterocycles. The highest BCUT2D eigenvalue weighted by atomic mass is 35.5. The number of anilines is 1. The number of rotatable bonds is 5. The maximum atomic E-state index is 12.7. The smallest absolute Gasteiger partial charge is 0.240 e. The molecule has 2 N–H and O–H groups in total. The van der Waals surface area contributed by atoms with Crippen LogP contribution in [0.2, 0.25) is 5.02 Å². The maximum absolute atomic E-state index is 12.7. The number of sulfonamides is 1. The molecule has 0 aromatic heterocycles. The molecule has 2 aromatic carbocycles. The van der Waals surface area contributed by atoms with Crippen LogP contribution in [0.1, 0.15) is 49.8 Å². The van der Waals surface area contributed by atoms with E-state index in [2.05, 4.69) is 28.3 Å². The molecule has 2 aliphatic rings. The largest absolute Gasteiger partial charge is 0.378 e. The molecular formula is C22H25ClN2O2S. The van der Waals surface area contributed by atoms with Crippen molar-refractivity contribution in [1.82, 2.24) is 4.72 Å². The van der Waals surface area contributed by atoms with Gasteiger partial charge in [0.15, 0.2) is 0 Å². The molecule has 6 heteroatoms. The Bertz CT molecular complexity index is 1020. The molecule has 28 heavy (non-hydrogen) atoms. The van der Waals surface area contributed by atoms with Crippen molar-refractivity contribution in [2.45, 2.75) is 49.6 Å². The summed E-state index contributed by atoms with van der Waals surface area (Å²) in [4.78, 5) is 0.327. The summed E-state index contributed by atoms with van der Waals surface area (Å²) in [6.45, 7) is 3.84. The topological polar surface area (TPSA) is 58.2 Å². The van der Waals surface area contributed by atoms with Gasteiger partial charge in [0.05, 0.1) is 10.9 Å². The van der Waals surface area contributed by atoms with Gasteiger partial charge in [-0.2, -0.15) is 0 Å². The molecule has 1 aliphatic heterocycles. The minimum absolute atomic E-state index is 0.0921. The number of hydrogen-bond acceptors (Lipinski definition) is 3. The lowest BCUT2D eigenvalue weighted by Gasteiger charge is -2.37. The van der Waals surface area contributed by atoms with E-state index < -0.39 is 10.0 Å². The number of benzene rings is 2. The Morgan fingerprint density at radius 2 is 2.07 bits per heavy atom. The van der Waals surface area contributed by atoms with Crippen molar-refractivity contribution in [3.8, 4) is 0 Å². The van der Waals surface area contributed by atoms with E-state index in [9.17, 15) is 8.42 Å². The van der Waals surface area contributed by atoms with E-state index in [-0.39, 0.29) is 18.0 Å². The molecule has 2 aromatic rings. The second-order valence-corrected chi connectivity index (χ2v) is 9.86. The molecule has 148 valence electrons. The lowest BCUT2D eigenvalue weighted by molar-refractivity contribution is 0.425. The molecule has 0 spiro atoms. The number of fused-ring (bicyclic) bond motifs is 3. The van der Waals surface area contributed by atoms with Crippen LogP contribution in [-0.2, 0) is 10.0 Å². The Balaban J connectivity index is 1.71. The first kappa shape index (κ1) is 19.5. The maximum Gasteiger partial charge on any atom is 0.240 e. The molecule has 0 saturated carbocycles. The fraction of sp³-hybridized carbons (Fsp3) is 0.364. The third-order valence-electron chi connectivity index (χ3n) is 5.82. The van der Waals surface area contributed by atoms with Crippen LogP contribution in [0, 0.1) is 5.92 Å². The molecule has 0 bridgehead atoms. The number of hydrogen-bond donors (Lipinski definition) is 2. The van der Waals surface area contributed by atoms with Crippen LogP contribution in [-0.4, -0.2) is 14.5 Å². The second-order valence-electron chi connectivity index (χ2n) is 7.71. The Kier molecular flexibility index (Phi) is 5.25. The van der Waals surface area contributed by atoms with Crippen molar-refractivity contribution >= 4 is 27.3 Å². The fourth-order valence-corrected chi connectivity index (χ4v) is 5.75. The van der Waals surface area contributed by atoms with E-state index in [0.717, 1.165) is 34.7 Å². The van der Waals surface area contributed by atoms with Gasteiger partial charge in [0.1, 0.15) is 0 Å². The predicted octanol–water partition coefficient (Wildman–Crippen LogP) is 5.24. The predicted molar refractivity (Wildman–Crippen MR) is 114 cm³/mol. The molecule has 4 nitrogen and oxygen atoms in total. The van der Waals surface area contributed by atoms with Gasteiger partial charge in [-0.05, 0) is 67.1 Å². The molecule has 1 aliphatic carbocycles. The minimum Gasteiger partial charge on any atom is -0.378 e. The van der Waals surface area contributed by atoms with Crippen molar-refractivity contribution in [3.63, 3.8) is 0 Å². The van der Waals surface area contributed by atoms with E-state index >= 15 is 0 Å². The van der Waals surface area contributed by atoms with Crippen molar-refractivity contribution in [1.29, 1.82) is 0 Å². The van der Waals surface area contributed by atoms with Crippen LogP contribution in [0.4, 0.5) is 5.69 Å². The second kappa shape index (κ2) is 7.54. The molecular weight excluding hydrogens is 392 g/mol. The highest BCUT2D eigenvalue weighted by Crippen LogP contribution is 2.50. The van der Waals surface area contributed by atoms with Gasteiger partial charge >= 0.3 is 0 Å². The summed E-state index contributed by atoms with van der Waals surface area (Å²) in [5.74, 6) is 0.533. The molecule has 0 amide bonds. The van der Waals surface area contributed by atoms with Crippen molar-refractivity contribution in [3.05, 3.63) is 70.8 Å². The molecule has 1 heterocycles. The minimum atomic E-state index is -3.52. The zero-order valence-corrected chi connectivity index (χ0v) is 17.6. The average Bonchev–Trinajstić information content (AvgIpc) is 3.16. The standard InChI is InChI=1S/C22H25ClN2O2S/c1-3-14(2)25-28(26,27)17-10-11-21-20(13-17)18-8-5-9-19(18)22(24-21)15-6-4-7-16(23)12-15/h4-8,10-14,18-19,22,24-25H,3,9H2,1-2H3. The summed E-state index contributed by atoms with van der Waals surface area (Å²) >= 11 is 6.21. The lowest BCUT2D eigenvalue weighted by Crippen LogP contribution is -2.33. The van der Waals surface area contributed by atoms with Crippen LogP contribution in [0.15, 0.2) is 59.5 Å². The Morgan fingerprint density at radius 3 is 2.82 bits per heavy atom. The number of halogens is 1. The number of allylic oxidation sites excluding steroid dienone is 2. The summed E-state index contributed by atoms with van der Waals surface area (Å²) in [5, 5.41) is 4.36. The Morgan fingerprint density at radius 1 is 1.25 bits per heavy atom. The normalized spacial score (nSPS) is 24.3. The molecule has 0 radical (unpaired) electrons. The molecule has 0 fully saturated rings. The number of nitrogens with one attached hydrogen (secondary N) is 2. The zero-order valence-electron chi connectivity index (χ0n) is 16.0. The summed E-state index contributed by atoms with van der Waals surface area (Å²) < 4.78 is 28.2. The van der Waals surface area contributed by atoms with Crippen LogP contribution in [0.3, 0.4) is 0 Å². The fourth-order valence-electron chi connectivity index (χ4n) is 4.19.